The zero-order chi connectivity index (χ0) is 22.5. The van der Waals surface area contributed by atoms with Crippen molar-refractivity contribution in [2.24, 2.45) is 0 Å². The fraction of sp³-hybridized carbons (Fsp3) is 0.167. The largest absolute Gasteiger partial charge is 0.494 e. The van der Waals surface area contributed by atoms with Crippen LogP contribution < -0.4 is 19.7 Å². The van der Waals surface area contributed by atoms with Crippen molar-refractivity contribution in [2.75, 3.05) is 30.0 Å². The molecule has 1 N–H and O–H groups in total. The van der Waals surface area contributed by atoms with Gasteiger partial charge in [0.25, 0.3) is 11.8 Å². The van der Waals surface area contributed by atoms with Gasteiger partial charge in [-0.25, -0.2) is 4.39 Å². The van der Waals surface area contributed by atoms with Crippen LogP contribution >= 0.6 is 11.6 Å². The van der Waals surface area contributed by atoms with Crippen LogP contribution in [0.25, 0.3) is 0 Å². The highest BCUT2D eigenvalue weighted by atomic mass is 35.5. The first kappa shape index (κ1) is 21.6. The van der Waals surface area contributed by atoms with Crippen molar-refractivity contribution in [2.45, 2.75) is 6.42 Å². The highest BCUT2D eigenvalue weighted by molar-refractivity contribution is 6.30. The Hall–Kier alpha value is -3.58. The quantitative estimate of drug-likeness (QED) is 0.514. The van der Waals surface area contributed by atoms with Gasteiger partial charge in [-0.1, -0.05) is 17.7 Å². The number of halogens is 2. The molecule has 1 aliphatic rings. The van der Waals surface area contributed by atoms with E-state index >= 15 is 0 Å². The first-order chi connectivity index (χ1) is 15.5. The third-order valence-electron chi connectivity index (χ3n) is 4.86. The molecule has 164 valence electrons. The Morgan fingerprint density at radius 2 is 1.94 bits per heavy atom. The summed E-state index contributed by atoms with van der Waals surface area (Å²) in [5.74, 6) is 0.125. The number of anilines is 2. The highest BCUT2D eigenvalue weighted by Gasteiger charge is 2.25. The van der Waals surface area contributed by atoms with Gasteiger partial charge in [-0.15, -0.1) is 0 Å². The van der Waals surface area contributed by atoms with Crippen LogP contribution in [0, 0.1) is 5.82 Å². The minimum Gasteiger partial charge on any atom is -0.494 e. The van der Waals surface area contributed by atoms with Gasteiger partial charge in [-0.05, 0) is 67.1 Å². The van der Waals surface area contributed by atoms with E-state index < -0.39 is 11.7 Å². The molecule has 8 heteroatoms. The van der Waals surface area contributed by atoms with E-state index in [0.29, 0.717) is 47.5 Å². The summed E-state index contributed by atoms with van der Waals surface area (Å²) in [6, 6.07) is 17.5. The average Bonchev–Trinajstić information content (AvgIpc) is 2.79. The molecule has 3 aromatic rings. The van der Waals surface area contributed by atoms with Gasteiger partial charge in [-0.2, -0.15) is 0 Å². The maximum Gasteiger partial charge on any atom is 0.265 e. The zero-order valence-corrected chi connectivity index (χ0v) is 17.8. The van der Waals surface area contributed by atoms with Crippen molar-refractivity contribution in [1.82, 2.24) is 0 Å². The van der Waals surface area contributed by atoms with Crippen molar-refractivity contribution in [1.29, 1.82) is 0 Å². The van der Waals surface area contributed by atoms with Crippen LogP contribution in [0.2, 0.25) is 5.02 Å². The first-order valence-corrected chi connectivity index (χ1v) is 10.4. The molecule has 0 bridgehead atoms. The van der Waals surface area contributed by atoms with Gasteiger partial charge in [0.1, 0.15) is 17.3 Å². The summed E-state index contributed by atoms with van der Waals surface area (Å²) < 4.78 is 24.6. The van der Waals surface area contributed by atoms with Crippen molar-refractivity contribution >= 4 is 34.8 Å². The molecule has 1 aliphatic heterocycles. The molecule has 0 atom stereocenters. The minimum absolute atomic E-state index is 0.0555. The summed E-state index contributed by atoms with van der Waals surface area (Å²) in [7, 11) is 0. The van der Waals surface area contributed by atoms with Gasteiger partial charge in [0.05, 0.1) is 12.3 Å². The fourth-order valence-corrected chi connectivity index (χ4v) is 3.43. The summed E-state index contributed by atoms with van der Waals surface area (Å²) in [6.07, 6.45) is 0.591. The summed E-state index contributed by atoms with van der Waals surface area (Å²) in [5.41, 5.74) is 1.23. The maximum absolute atomic E-state index is 13.4. The Kier molecular flexibility index (Phi) is 6.56. The molecule has 0 unspecified atom stereocenters. The monoisotopic (exact) mass is 454 g/mol. The number of fused-ring (bicyclic) bond motifs is 1. The van der Waals surface area contributed by atoms with Crippen LogP contribution in [0.5, 0.6) is 11.5 Å². The Morgan fingerprint density at radius 1 is 1.12 bits per heavy atom. The highest BCUT2D eigenvalue weighted by Crippen LogP contribution is 2.35. The lowest BCUT2D eigenvalue weighted by atomic mass is 10.1. The Bertz CT molecular complexity index is 1140. The molecule has 4 rings (SSSR count). The molecule has 32 heavy (non-hydrogen) atoms. The summed E-state index contributed by atoms with van der Waals surface area (Å²) >= 11 is 5.87. The molecule has 1 heterocycles. The van der Waals surface area contributed by atoms with E-state index in [1.54, 1.807) is 47.4 Å². The zero-order valence-electron chi connectivity index (χ0n) is 17.0. The number of nitrogens with one attached hydrogen (secondary N) is 1. The summed E-state index contributed by atoms with van der Waals surface area (Å²) in [6.45, 7) is 0.779. The second-order valence-electron chi connectivity index (χ2n) is 7.14. The molecule has 0 aliphatic carbocycles. The van der Waals surface area contributed by atoms with Gasteiger partial charge in [0.15, 0.2) is 6.61 Å². The van der Waals surface area contributed by atoms with Crippen LogP contribution in [-0.2, 0) is 4.79 Å². The van der Waals surface area contributed by atoms with E-state index in [9.17, 15) is 14.0 Å². The maximum atomic E-state index is 13.4. The number of carbonyl (C=O) groups excluding carboxylic acids is 2. The molecule has 0 saturated heterocycles. The second kappa shape index (κ2) is 9.70. The minimum atomic E-state index is -0.492. The molecule has 3 aromatic carbocycles. The van der Waals surface area contributed by atoms with Crippen molar-refractivity contribution in [3.8, 4) is 11.5 Å². The Morgan fingerprint density at radius 3 is 2.72 bits per heavy atom. The summed E-state index contributed by atoms with van der Waals surface area (Å²) in [4.78, 5) is 26.5. The number of carbonyl (C=O) groups is 2. The van der Waals surface area contributed by atoms with E-state index in [2.05, 4.69) is 5.32 Å². The normalized spacial score (nSPS) is 12.7. The number of hydrogen-bond donors (Lipinski definition) is 1. The topological polar surface area (TPSA) is 67.9 Å². The SMILES string of the molecule is O=C(Nc1ccc2c(c1)N(CCCOc1ccc(Cl)cc1)C(=O)CO2)c1cccc(F)c1. The van der Waals surface area contributed by atoms with Crippen molar-refractivity contribution in [3.63, 3.8) is 0 Å². The van der Waals surface area contributed by atoms with Crippen LogP contribution in [-0.4, -0.2) is 31.6 Å². The number of benzene rings is 3. The van der Waals surface area contributed by atoms with Crippen LogP contribution in [0.15, 0.2) is 66.7 Å². The smallest absolute Gasteiger partial charge is 0.265 e. The van der Waals surface area contributed by atoms with E-state index in [0.717, 1.165) is 6.07 Å². The third kappa shape index (κ3) is 5.18. The van der Waals surface area contributed by atoms with E-state index in [1.165, 1.54) is 18.2 Å². The molecule has 0 aromatic heterocycles. The number of rotatable bonds is 7. The molecule has 0 fully saturated rings. The molecular formula is C24H20ClFN2O4. The standard InChI is InChI=1S/C24H20ClFN2O4/c25-17-5-8-20(9-6-17)31-12-2-11-28-21-14-19(7-10-22(21)32-15-23(28)29)27-24(30)16-3-1-4-18(26)13-16/h1,3-10,13-14H,2,11-12,15H2,(H,27,30). The van der Waals surface area contributed by atoms with Crippen molar-refractivity contribution < 1.29 is 23.5 Å². The number of ether oxygens (including phenoxy) is 2. The Labute approximate surface area is 189 Å². The summed E-state index contributed by atoms with van der Waals surface area (Å²) in [5, 5.41) is 3.36. The molecule has 0 spiro atoms. The molecule has 6 nitrogen and oxygen atoms in total. The van der Waals surface area contributed by atoms with Crippen molar-refractivity contribution in [3.05, 3.63) is 83.1 Å². The first-order valence-electron chi connectivity index (χ1n) is 10.0. The lowest BCUT2D eigenvalue weighted by Gasteiger charge is -2.30. The Balaban J connectivity index is 1.42. The molecular weight excluding hydrogens is 435 g/mol. The number of hydrogen-bond acceptors (Lipinski definition) is 4. The van der Waals surface area contributed by atoms with Crippen LogP contribution in [0.4, 0.5) is 15.8 Å². The lowest BCUT2D eigenvalue weighted by Crippen LogP contribution is -2.39. The van der Waals surface area contributed by atoms with Gasteiger partial charge < -0.3 is 19.7 Å². The average molecular weight is 455 g/mol. The number of nitrogens with zero attached hydrogens (tertiary/aromatic N) is 1. The molecule has 0 saturated carbocycles. The second-order valence-corrected chi connectivity index (χ2v) is 7.57. The van der Waals surface area contributed by atoms with E-state index in [-0.39, 0.29) is 18.1 Å². The molecule has 2 amide bonds. The number of amides is 2. The van der Waals surface area contributed by atoms with E-state index in [1.807, 2.05) is 0 Å². The van der Waals surface area contributed by atoms with Crippen LogP contribution in [0.3, 0.4) is 0 Å². The predicted molar refractivity (Wildman–Crippen MR) is 120 cm³/mol. The van der Waals surface area contributed by atoms with Gasteiger partial charge in [0.2, 0.25) is 0 Å². The van der Waals surface area contributed by atoms with Crippen LogP contribution in [0.1, 0.15) is 16.8 Å². The molecule has 0 radical (unpaired) electrons. The predicted octanol–water partition coefficient (Wildman–Crippen LogP) is 4.93. The van der Waals surface area contributed by atoms with Gasteiger partial charge >= 0.3 is 0 Å². The third-order valence-corrected chi connectivity index (χ3v) is 5.11. The fourth-order valence-electron chi connectivity index (χ4n) is 3.30. The van der Waals surface area contributed by atoms with Gasteiger partial charge in [0, 0.05) is 22.8 Å². The lowest BCUT2D eigenvalue weighted by molar-refractivity contribution is -0.121. The van der Waals surface area contributed by atoms with E-state index in [4.69, 9.17) is 21.1 Å². The van der Waals surface area contributed by atoms with Gasteiger partial charge in [-0.3, -0.25) is 9.59 Å².